The zero-order chi connectivity index (χ0) is 23.0. The monoisotopic (exact) mass is 446 g/mol. The van der Waals surface area contributed by atoms with Crippen LogP contribution in [0, 0.1) is 0 Å². The van der Waals surface area contributed by atoms with Crippen molar-refractivity contribution in [3.63, 3.8) is 0 Å². The number of hydrogen-bond donors (Lipinski definition) is 1. The Hall–Kier alpha value is -3.18. The molecule has 5 nitrogen and oxygen atoms in total. The Kier molecular flexibility index (Phi) is 7.74. The predicted octanol–water partition coefficient (Wildman–Crippen LogP) is 5.68. The molecule has 1 aliphatic heterocycles. The predicted molar refractivity (Wildman–Crippen MR) is 133 cm³/mol. The van der Waals surface area contributed by atoms with Crippen molar-refractivity contribution in [1.29, 1.82) is 0 Å². The number of nitrogens with zero attached hydrogens (tertiary/aromatic N) is 1. The highest BCUT2D eigenvalue weighted by Crippen LogP contribution is 2.34. The third kappa shape index (κ3) is 5.99. The summed E-state index contributed by atoms with van der Waals surface area (Å²) >= 11 is 0. The second kappa shape index (κ2) is 11.1. The lowest BCUT2D eigenvalue weighted by molar-refractivity contribution is 0.147. The largest absolute Gasteiger partial charge is 0.493 e. The molecule has 0 spiro atoms. The van der Waals surface area contributed by atoms with E-state index in [0.717, 1.165) is 37.5 Å². The van der Waals surface area contributed by atoms with Crippen LogP contribution in [0.3, 0.4) is 0 Å². The van der Waals surface area contributed by atoms with Crippen LogP contribution < -0.4 is 19.9 Å². The molecule has 0 aromatic heterocycles. The molecule has 0 radical (unpaired) electrons. The van der Waals surface area contributed by atoms with Crippen molar-refractivity contribution >= 4 is 5.69 Å². The van der Waals surface area contributed by atoms with Crippen LogP contribution in [0.1, 0.15) is 42.4 Å². The van der Waals surface area contributed by atoms with Crippen molar-refractivity contribution < 1.29 is 14.2 Å². The van der Waals surface area contributed by atoms with E-state index in [1.165, 1.54) is 24.0 Å². The van der Waals surface area contributed by atoms with Crippen molar-refractivity contribution in [2.45, 2.75) is 31.3 Å². The molecule has 5 heteroatoms. The topological polar surface area (TPSA) is 57.0 Å². The molecular formula is C28H34N2O3. The molecule has 174 valence electrons. The minimum absolute atomic E-state index is 0.0286. The van der Waals surface area contributed by atoms with Gasteiger partial charge < -0.3 is 24.8 Å². The zero-order valence-electron chi connectivity index (χ0n) is 19.6. The van der Waals surface area contributed by atoms with Gasteiger partial charge in [0.1, 0.15) is 11.9 Å². The van der Waals surface area contributed by atoms with Gasteiger partial charge in [-0.3, -0.25) is 0 Å². The van der Waals surface area contributed by atoms with Gasteiger partial charge >= 0.3 is 0 Å². The number of likely N-dealkylation sites (tertiary alicyclic amines) is 1. The molecule has 0 unspecified atom stereocenters. The lowest BCUT2D eigenvalue weighted by atomic mass is 9.89. The standard InChI is InChI=1S/C28H34N2O3/c1-31-27-13-12-25(20-28(27)32-2)33-26(23-6-4-3-5-7-23)16-19-30-17-14-22(15-18-30)21-8-10-24(29)11-9-21/h3-13,20,22,26H,14-19,29H2,1-2H3/t26-/m1/s1. The van der Waals surface area contributed by atoms with Gasteiger partial charge in [-0.2, -0.15) is 0 Å². The van der Waals surface area contributed by atoms with Gasteiger partial charge in [0.25, 0.3) is 0 Å². The fourth-order valence-electron chi connectivity index (χ4n) is 4.57. The number of anilines is 1. The van der Waals surface area contributed by atoms with E-state index in [4.69, 9.17) is 19.9 Å². The van der Waals surface area contributed by atoms with Gasteiger partial charge in [0, 0.05) is 24.7 Å². The zero-order valence-corrected chi connectivity index (χ0v) is 19.6. The van der Waals surface area contributed by atoms with E-state index < -0.39 is 0 Å². The first kappa shape index (κ1) is 23.0. The highest BCUT2D eigenvalue weighted by Gasteiger charge is 2.22. The smallest absolute Gasteiger partial charge is 0.164 e. The number of ether oxygens (including phenoxy) is 3. The molecule has 1 heterocycles. The summed E-state index contributed by atoms with van der Waals surface area (Å²) in [5, 5.41) is 0. The van der Waals surface area contributed by atoms with Crippen LogP contribution in [0.5, 0.6) is 17.2 Å². The Morgan fingerprint density at radius 3 is 2.24 bits per heavy atom. The van der Waals surface area contributed by atoms with Gasteiger partial charge in [0.15, 0.2) is 11.5 Å². The number of piperidine rings is 1. The Balaban J connectivity index is 1.38. The first-order chi connectivity index (χ1) is 16.2. The van der Waals surface area contributed by atoms with E-state index in [1.54, 1.807) is 14.2 Å². The minimum atomic E-state index is -0.0286. The highest BCUT2D eigenvalue weighted by atomic mass is 16.5. The van der Waals surface area contributed by atoms with Crippen LogP contribution in [-0.4, -0.2) is 38.8 Å². The molecule has 1 saturated heterocycles. The molecule has 0 saturated carbocycles. The Morgan fingerprint density at radius 2 is 1.58 bits per heavy atom. The van der Waals surface area contributed by atoms with E-state index in [2.05, 4.69) is 41.3 Å². The summed E-state index contributed by atoms with van der Waals surface area (Å²) in [4.78, 5) is 2.56. The van der Waals surface area contributed by atoms with Crippen molar-refractivity contribution in [3.05, 3.63) is 83.9 Å². The second-order valence-electron chi connectivity index (χ2n) is 8.61. The minimum Gasteiger partial charge on any atom is -0.493 e. The summed E-state index contributed by atoms with van der Waals surface area (Å²) in [6, 6.07) is 24.6. The second-order valence-corrected chi connectivity index (χ2v) is 8.61. The lowest BCUT2D eigenvalue weighted by Crippen LogP contribution is -2.34. The normalized spacial score (nSPS) is 15.7. The van der Waals surface area contributed by atoms with Crippen LogP contribution in [0.25, 0.3) is 0 Å². The van der Waals surface area contributed by atoms with Crippen molar-refractivity contribution in [3.8, 4) is 17.2 Å². The summed E-state index contributed by atoms with van der Waals surface area (Å²) in [5.74, 6) is 2.77. The number of nitrogen functional groups attached to an aromatic ring is 1. The average Bonchev–Trinajstić information content (AvgIpc) is 2.87. The number of benzene rings is 3. The van der Waals surface area contributed by atoms with Gasteiger partial charge in [-0.1, -0.05) is 42.5 Å². The third-order valence-corrected chi connectivity index (χ3v) is 6.51. The van der Waals surface area contributed by atoms with Gasteiger partial charge in [0.2, 0.25) is 0 Å². The fraction of sp³-hybridized carbons (Fsp3) is 0.357. The van der Waals surface area contributed by atoms with Gasteiger partial charge in [-0.25, -0.2) is 0 Å². The Morgan fingerprint density at radius 1 is 0.879 bits per heavy atom. The van der Waals surface area contributed by atoms with E-state index in [1.807, 2.05) is 36.4 Å². The van der Waals surface area contributed by atoms with Crippen LogP contribution in [0.15, 0.2) is 72.8 Å². The summed E-state index contributed by atoms with van der Waals surface area (Å²) in [6.45, 7) is 3.21. The van der Waals surface area contributed by atoms with E-state index in [0.29, 0.717) is 17.4 Å². The maximum atomic E-state index is 6.46. The Labute approximate surface area is 197 Å². The quantitative estimate of drug-likeness (QED) is 0.429. The third-order valence-electron chi connectivity index (χ3n) is 6.51. The summed E-state index contributed by atoms with van der Waals surface area (Å²) in [6.07, 6.45) is 3.25. The van der Waals surface area contributed by atoms with Crippen LogP contribution >= 0.6 is 0 Å². The molecular weight excluding hydrogens is 412 g/mol. The molecule has 4 rings (SSSR count). The Bertz CT molecular complexity index is 999. The SMILES string of the molecule is COc1ccc(O[C@H](CCN2CCC(c3ccc(N)cc3)CC2)c2ccccc2)cc1OC. The molecule has 2 N–H and O–H groups in total. The van der Waals surface area contributed by atoms with Crippen LogP contribution in [-0.2, 0) is 0 Å². The maximum Gasteiger partial charge on any atom is 0.164 e. The average molecular weight is 447 g/mol. The highest BCUT2D eigenvalue weighted by molar-refractivity contribution is 5.45. The molecule has 0 amide bonds. The van der Waals surface area contributed by atoms with Gasteiger partial charge in [0.05, 0.1) is 14.2 Å². The number of nitrogens with two attached hydrogens (primary N) is 1. The first-order valence-electron chi connectivity index (χ1n) is 11.7. The molecule has 3 aromatic carbocycles. The van der Waals surface area contributed by atoms with Gasteiger partial charge in [-0.05, 0) is 67.2 Å². The van der Waals surface area contributed by atoms with E-state index in [9.17, 15) is 0 Å². The summed E-state index contributed by atoms with van der Waals surface area (Å²) < 4.78 is 17.3. The molecule has 33 heavy (non-hydrogen) atoms. The summed E-state index contributed by atoms with van der Waals surface area (Å²) in [7, 11) is 3.28. The van der Waals surface area contributed by atoms with Crippen LogP contribution in [0.2, 0.25) is 0 Å². The van der Waals surface area contributed by atoms with Crippen molar-refractivity contribution in [2.75, 3.05) is 39.6 Å². The summed E-state index contributed by atoms with van der Waals surface area (Å²) in [5.41, 5.74) is 9.27. The number of hydrogen-bond acceptors (Lipinski definition) is 5. The van der Waals surface area contributed by atoms with E-state index >= 15 is 0 Å². The number of rotatable bonds is 9. The number of methoxy groups -OCH3 is 2. The van der Waals surface area contributed by atoms with Crippen molar-refractivity contribution in [1.82, 2.24) is 4.90 Å². The fourth-order valence-corrected chi connectivity index (χ4v) is 4.57. The maximum absolute atomic E-state index is 6.46. The molecule has 3 aromatic rings. The first-order valence-corrected chi connectivity index (χ1v) is 11.7. The molecule has 1 atom stereocenters. The van der Waals surface area contributed by atoms with Gasteiger partial charge in [-0.15, -0.1) is 0 Å². The molecule has 0 bridgehead atoms. The molecule has 0 aliphatic carbocycles. The van der Waals surface area contributed by atoms with E-state index in [-0.39, 0.29) is 6.10 Å². The lowest BCUT2D eigenvalue weighted by Gasteiger charge is -2.33. The molecule has 1 fully saturated rings. The van der Waals surface area contributed by atoms with Crippen LogP contribution in [0.4, 0.5) is 5.69 Å². The van der Waals surface area contributed by atoms with Crippen molar-refractivity contribution in [2.24, 2.45) is 0 Å². The molecule has 1 aliphatic rings.